The van der Waals surface area contributed by atoms with Crippen molar-refractivity contribution in [3.05, 3.63) is 58.6 Å². The lowest BCUT2D eigenvalue weighted by Crippen LogP contribution is -2.24. The quantitative estimate of drug-likeness (QED) is 0.943. The molecule has 5 heteroatoms. The lowest BCUT2D eigenvalue weighted by molar-refractivity contribution is -0.120. The number of nitrogens with one attached hydrogen (secondary N) is 1. The third kappa shape index (κ3) is 3.71. The zero-order chi connectivity index (χ0) is 15.4. The highest BCUT2D eigenvalue weighted by atomic mass is 35.5. The van der Waals surface area contributed by atoms with Crippen LogP contribution in [0.4, 0.5) is 0 Å². The zero-order valence-corrected chi connectivity index (χ0v) is 12.7. The molecule has 1 N–H and O–H groups in total. The Balaban J connectivity index is 1.57. The molecule has 1 amide bonds. The number of fused-ring (bicyclic) bond motifs is 1. The largest absolute Gasteiger partial charge is 0.486 e. The third-order valence-electron chi connectivity index (χ3n) is 3.35. The Hall–Kier alpha value is -2.20. The average Bonchev–Trinajstić information content (AvgIpc) is 2.53. The second-order valence-corrected chi connectivity index (χ2v) is 5.50. The van der Waals surface area contributed by atoms with Gasteiger partial charge in [0, 0.05) is 11.6 Å². The van der Waals surface area contributed by atoms with Gasteiger partial charge in [0.2, 0.25) is 5.91 Å². The molecule has 2 aromatic rings. The van der Waals surface area contributed by atoms with Gasteiger partial charge in [-0.3, -0.25) is 4.79 Å². The molecule has 0 unspecified atom stereocenters. The van der Waals surface area contributed by atoms with E-state index >= 15 is 0 Å². The number of halogens is 1. The van der Waals surface area contributed by atoms with E-state index in [4.69, 9.17) is 21.1 Å². The smallest absolute Gasteiger partial charge is 0.224 e. The van der Waals surface area contributed by atoms with Crippen molar-refractivity contribution >= 4 is 17.5 Å². The van der Waals surface area contributed by atoms with Crippen molar-refractivity contribution in [1.29, 1.82) is 0 Å². The van der Waals surface area contributed by atoms with Crippen molar-refractivity contribution in [2.24, 2.45) is 0 Å². The molecular weight excluding hydrogens is 302 g/mol. The minimum absolute atomic E-state index is 0.0448. The van der Waals surface area contributed by atoms with Crippen LogP contribution in [0.1, 0.15) is 11.1 Å². The first-order valence-corrected chi connectivity index (χ1v) is 7.48. The fraction of sp³-hybridized carbons (Fsp3) is 0.235. The van der Waals surface area contributed by atoms with Gasteiger partial charge in [0.25, 0.3) is 0 Å². The van der Waals surface area contributed by atoms with E-state index in [0.717, 1.165) is 16.9 Å². The lowest BCUT2D eigenvalue weighted by atomic mass is 10.1. The van der Waals surface area contributed by atoms with E-state index in [1.807, 2.05) is 42.5 Å². The maximum atomic E-state index is 12.0. The Morgan fingerprint density at radius 1 is 1.05 bits per heavy atom. The fourth-order valence-electron chi connectivity index (χ4n) is 2.29. The molecule has 114 valence electrons. The van der Waals surface area contributed by atoms with E-state index in [-0.39, 0.29) is 5.91 Å². The topological polar surface area (TPSA) is 47.6 Å². The number of hydrogen-bond donors (Lipinski definition) is 1. The average molecular weight is 318 g/mol. The molecule has 0 bridgehead atoms. The molecule has 1 aliphatic rings. The van der Waals surface area contributed by atoms with Gasteiger partial charge in [0.15, 0.2) is 11.5 Å². The summed E-state index contributed by atoms with van der Waals surface area (Å²) in [4.78, 5) is 12.0. The first kappa shape index (κ1) is 14.7. The number of amides is 1. The molecule has 0 saturated carbocycles. The summed E-state index contributed by atoms with van der Waals surface area (Å²) in [5, 5.41) is 3.55. The van der Waals surface area contributed by atoms with Crippen molar-refractivity contribution in [3.8, 4) is 11.5 Å². The SMILES string of the molecule is O=C(Cc1ccc2c(c1)OCCO2)NCc1cccc(Cl)c1. The van der Waals surface area contributed by atoms with Crippen molar-refractivity contribution in [1.82, 2.24) is 5.32 Å². The predicted molar refractivity (Wildman–Crippen MR) is 84.4 cm³/mol. The third-order valence-corrected chi connectivity index (χ3v) is 3.59. The Morgan fingerprint density at radius 3 is 2.68 bits per heavy atom. The Bertz CT molecular complexity index is 687. The number of ether oxygens (including phenoxy) is 2. The zero-order valence-electron chi connectivity index (χ0n) is 12.0. The lowest BCUT2D eigenvalue weighted by Gasteiger charge is -2.18. The first-order valence-electron chi connectivity index (χ1n) is 7.10. The molecule has 1 heterocycles. The summed E-state index contributed by atoms with van der Waals surface area (Å²) in [6.07, 6.45) is 0.303. The van der Waals surface area contributed by atoms with E-state index in [1.165, 1.54) is 0 Å². The highest BCUT2D eigenvalue weighted by Crippen LogP contribution is 2.30. The van der Waals surface area contributed by atoms with Crippen LogP contribution in [0, 0.1) is 0 Å². The van der Waals surface area contributed by atoms with Crippen LogP contribution in [0.2, 0.25) is 5.02 Å². The minimum Gasteiger partial charge on any atom is -0.486 e. The maximum absolute atomic E-state index is 12.0. The predicted octanol–water partition coefficient (Wildman–Crippen LogP) is 2.97. The first-order chi connectivity index (χ1) is 10.7. The van der Waals surface area contributed by atoms with Crippen molar-refractivity contribution in [2.45, 2.75) is 13.0 Å². The van der Waals surface area contributed by atoms with Gasteiger partial charge in [-0.15, -0.1) is 0 Å². The summed E-state index contributed by atoms with van der Waals surface area (Å²) in [6.45, 7) is 1.56. The molecule has 2 aromatic carbocycles. The summed E-state index contributed by atoms with van der Waals surface area (Å²) in [6, 6.07) is 13.0. The highest BCUT2D eigenvalue weighted by Gasteiger charge is 2.13. The van der Waals surface area contributed by atoms with E-state index in [2.05, 4.69) is 5.32 Å². The maximum Gasteiger partial charge on any atom is 0.224 e. The van der Waals surface area contributed by atoms with Gasteiger partial charge in [-0.25, -0.2) is 0 Å². The van der Waals surface area contributed by atoms with Crippen LogP contribution in [-0.2, 0) is 17.8 Å². The van der Waals surface area contributed by atoms with Crippen LogP contribution in [0.5, 0.6) is 11.5 Å². The van der Waals surface area contributed by atoms with Crippen LogP contribution >= 0.6 is 11.6 Å². The molecule has 0 saturated heterocycles. The minimum atomic E-state index is -0.0448. The van der Waals surface area contributed by atoms with Gasteiger partial charge in [-0.1, -0.05) is 29.8 Å². The molecule has 0 aliphatic carbocycles. The van der Waals surface area contributed by atoms with Crippen LogP contribution in [-0.4, -0.2) is 19.1 Å². The fourth-order valence-corrected chi connectivity index (χ4v) is 2.51. The van der Waals surface area contributed by atoms with Crippen LogP contribution < -0.4 is 14.8 Å². The van der Waals surface area contributed by atoms with Crippen LogP contribution in [0.25, 0.3) is 0 Å². The molecule has 4 nitrogen and oxygen atoms in total. The van der Waals surface area contributed by atoms with Gasteiger partial charge >= 0.3 is 0 Å². The number of carbonyl (C=O) groups excluding carboxylic acids is 1. The number of carbonyl (C=O) groups is 1. The van der Waals surface area contributed by atoms with E-state index in [9.17, 15) is 4.79 Å². The van der Waals surface area contributed by atoms with Crippen LogP contribution in [0.15, 0.2) is 42.5 Å². The summed E-state index contributed by atoms with van der Waals surface area (Å²) >= 11 is 5.92. The Morgan fingerprint density at radius 2 is 1.86 bits per heavy atom. The molecule has 0 fully saturated rings. The molecule has 0 spiro atoms. The van der Waals surface area contributed by atoms with Crippen LogP contribution in [0.3, 0.4) is 0 Å². The Kier molecular flexibility index (Phi) is 4.49. The second-order valence-electron chi connectivity index (χ2n) is 5.06. The molecule has 1 aliphatic heterocycles. The molecule has 0 radical (unpaired) electrons. The van der Waals surface area contributed by atoms with Crippen molar-refractivity contribution in [3.63, 3.8) is 0 Å². The number of benzene rings is 2. The summed E-state index contributed by atoms with van der Waals surface area (Å²) in [5.41, 5.74) is 1.87. The van der Waals surface area contributed by atoms with Gasteiger partial charge < -0.3 is 14.8 Å². The monoisotopic (exact) mass is 317 g/mol. The van der Waals surface area contributed by atoms with Gasteiger partial charge in [-0.2, -0.15) is 0 Å². The molecule has 0 atom stereocenters. The number of hydrogen-bond acceptors (Lipinski definition) is 3. The Labute approximate surface area is 134 Å². The summed E-state index contributed by atoms with van der Waals surface area (Å²) in [7, 11) is 0. The molecule has 0 aromatic heterocycles. The normalized spacial score (nSPS) is 12.8. The molecule has 3 rings (SSSR count). The van der Waals surface area contributed by atoms with E-state index in [1.54, 1.807) is 0 Å². The van der Waals surface area contributed by atoms with Gasteiger partial charge in [0.1, 0.15) is 13.2 Å². The van der Waals surface area contributed by atoms with E-state index in [0.29, 0.717) is 37.0 Å². The van der Waals surface area contributed by atoms with Gasteiger partial charge in [-0.05, 0) is 35.4 Å². The molecule has 22 heavy (non-hydrogen) atoms. The van der Waals surface area contributed by atoms with E-state index < -0.39 is 0 Å². The van der Waals surface area contributed by atoms with Gasteiger partial charge in [0.05, 0.1) is 6.42 Å². The standard InChI is InChI=1S/C17H16ClNO3/c18-14-3-1-2-13(8-14)11-19-17(20)10-12-4-5-15-16(9-12)22-7-6-21-15/h1-5,8-9H,6-7,10-11H2,(H,19,20). The second kappa shape index (κ2) is 6.71. The molecular formula is C17H16ClNO3. The summed E-state index contributed by atoms with van der Waals surface area (Å²) < 4.78 is 11.0. The highest BCUT2D eigenvalue weighted by molar-refractivity contribution is 6.30. The van der Waals surface area contributed by atoms with Crippen molar-refractivity contribution < 1.29 is 14.3 Å². The van der Waals surface area contributed by atoms with Crippen molar-refractivity contribution in [2.75, 3.05) is 13.2 Å². The number of rotatable bonds is 4. The summed E-state index contributed by atoms with van der Waals surface area (Å²) in [5.74, 6) is 1.39.